The molecule has 0 spiro atoms. The molecule has 110 valence electrons. The van der Waals surface area contributed by atoms with E-state index in [1.54, 1.807) is 6.92 Å². The molecule has 1 aliphatic rings. The Bertz CT molecular complexity index is 441. The molecule has 1 N–H and O–H groups in total. The Kier molecular flexibility index (Phi) is 5.41. The van der Waals surface area contributed by atoms with Gasteiger partial charge < -0.3 is 14.8 Å². The highest BCUT2D eigenvalue weighted by Crippen LogP contribution is 2.19. The van der Waals surface area contributed by atoms with Crippen LogP contribution in [-0.2, 0) is 16.0 Å². The van der Waals surface area contributed by atoms with E-state index in [1.807, 2.05) is 24.3 Å². The standard InChI is InChI=1S/C16H23NO3/c1-3-13-7-4-5-9-15(13)20-12(2)16(18)17-11-14-8-6-10-19-14/h4-5,7,9,12,14H,3,6,8,10-11H2,1-2H3,(H,17,18). The molecule has 1 saturated heterocycles. The molecule has 0 radical (unpaired) electrons. The highest BCUT2D eigenvalue weighted by Gasteiger charge is 2.20. The maximum absolute atomic E-state index is 12.0. The average molecular weight is 277 g/mol. The normalized spacial score (nSPS) is 19.6. The number of benzene rings is 1. The minimum Gasteiger partial charge on any atom is -0.481 e. The Balaban J connectivity index is 1.83. The molecule has 4 nitrogen and oxygen atoms in total. The summed E-state index contributed by atoms with van der Waals surface area (Å²) in [5, 5.41) is 2.89. The van der Waals surface area contributed by atoms with Crippen LogP contribution >= 0.6 is 0 Å². The van der Waals surface area contributed by atoms with E-state index < -0.39 is 6.10 Å². The summed E-state index contributed by atoms with van der Waals surface area (Å²) in [5.41, 5.74) is 1.12. The molecule has 1 aromatic carbocycles. The number of ether oxygens (including phenoxy) is 2. The summed E-state index contributed by atoms with van der Waals surface area (Å²) >= 11 is 0. The van der Waals surface area contributed by atoms with E-state index >= 15 is 0 Å². The average Bonchev–Trinajstić information content (AvgIpc) is 2.98. The predicted octanol–water partition coefficient (Wildman–Crippen LogP) is 2.31. The van der Waals surface area contributed by atoms with E-state index in [0.717, 1.165) is 37.2 Å². The highest BCUT2D eigenvalue weighted by atomic mass is 16.5. The van der Waals surface area contributed by atoms with Crippen LogP contribution in [0, 0.1) is 0 Å². The highest BCUT2D eigenvalue weighted by molar-refractivity contribution is 5.80. The van der Waals surface area contributed by atoms with Gasteiger partial charge in [-0.25, -0.2) is 0 Å². The van der Waals surface area contributed by atoms with Gasteiger partial charge in [0.15, 0.2) is 6.10 Å². The van der Waals surface area contributed by atoms with Gasteiger partial charge in [0.25, 0.3) is 5.91 Å². The molecule has 1 aromatic rings. The van der Waals surface area contributed by atoms with Crippen LogP contribution in [0.2, 0.25) is 0 Å². The summed E-state index contributed by atoms with van der Waals surface area (Å²) in [7, 11) is 0. The van der Waals surface area contributed by atoms with Gasteiger partial charge in [0, 0.05) is 13.2 Å². The maximum atomic E-state index is 12.0. The van der Waals surface area contributed by atoms with Gasteiger partial charge in [-0.3, -0.25) is 4.79 Å². The van der Waals surface area contributed by atoms with Crippen molar-refractivity contribution in [2.75, 3.05) is 13.2 Å². The molecule has 0 aliphatic carbocycles. The van der Waals surface area contributed by atoms with Crippen molar-refractivity contribution in [3.05, 3.63) is 29.8 Å². The summed E-state index contributed by atoms with van der Waals surface area (Å²) in [5.74, 6) is 0.696. The smallest absolute Gasteiger partial charge is 0.260 e. The number of amides is 1. The monoisotopic (exact) mass is 277 g/mol. The molecule has 2 rings (SSSR count). The number of carbonyl (C=O) groups excluding carboxylic acids is 1. The predicted molar refractivity (Wildman–Crippen MR) is 77.9 cm³/mol. The minimum absolute atomic E-state index is 0.0913. The SMILES string of the molecule is CCc1ccccc1OC(C)C(=O)NCC1CCCO1. The van der Waals surface area contributed by atoms with Gasteiger partial charge in [0.2, 0.25) is 0 Å². The molecule has 1 fully saturated rings. The van der Waals surface area contributed by atoms with Crippen molar-refractivity contribution in [2.24, 2.45) is 0 Å². The minimum atomic E-state index is -0.496. The molecule has 20 heavy (non-hydrogen) atoms. The first-order valence-corrected chi connectivity index (χ1v) is 7.34. The Morgan fingerprint density at radius 1 is 1.50 bits per heavy atom. The zero-order valence-corrected chi connectivity index (χ0v) is 12.2. The summed E-state index contributed by atoms with van der Waals surface area (Å²) in [4.78, 5) is 12.0. The van der Waals surface area contributed by atoms with E-state index in [4.69, 9.17) is 9.47 Å². The third-order valence-electron chi connectivity index (χ3n) is 3.55. The number of carbonyl (C=O) groups is 1. The molecule has 2 atom stereocenters. The van der Waals surface area contributed by atoms with Crippen molar-refractivity contribution in [1.29, 1.82) is 0 Å². The molecular formula is C16H23NO3. The van der Waals surface area contributed by atoms with Gasteiger partial charge in [0.05, 0.1) is 6.10 Å². The van der Waals surface area contributed by atoms with Gasteiger partial charge in [-0.15, -0.1) is 0 Å². The molecule has 0 bridgehead atoms. The first kappa shape index (κ1) is 14.9. The molecule has 0 aromatic heterocycles. The van der Waals surface area contributed by atoms with Crippen LogP contribution in [0.15, 0.2) is 24.3 Å². The van der Waals surface area contributed by atoms with Crippen LogP contribution < -0.4 is 10.1 Å². The van der Waals surface area contributed by atoms with Crippen LogP contribution in [-0.4, -0.2) is 31.3 Å². The molecule has 4 heteroatoms. The second-order valence-electron chi connectivity index (χ2n) is 5.10. The van der Waals surface area contributed by atoms with Crippen LogP contribution in [0.25, 0.3) is 0 Å². The third kappa shape index (κ3) is 3.97. The van der Waals surface area contributed by atoms with E-state index in [-0.39, 0.29) is 12.0 Å². The van der Waals surface area contributed by atoms with Crippen molar-refractivity contribution in [3.8, 4) is 5.75 Å². The van der Waals surface area contributed by atoms with Crippen molar-refractivity contribution < 1.29 is 14.3 Å². The summed E-state index contributed by atoms with van der Waals surface area (Å²) < 4.78 is 11.2. The molecule has 1 heterocycles. The van der Waals surface area contributed by atoms with E-state index in [0.29, 0.717) is 6.54 Å². The van der Waals surface area contributed by atoms with Crippen LogP contribution in [0.3, 0.4) is 0 Å². The lowest BCUT2D eigenvalue weighted by Gasteiger charge is -2.18. The lowest BCUT2D eigenvalue weighted by atomic mass is 10.1. The Morgan fingerprint density at radius 2 is 2.30 bits per heavy atom. The third-order valence-corrected chi connectivity index (χ3v) is 3.55. The Morgan fingerprint density at radius 3 is 3.00 bits per heavy atom. The van der Waals surface area contributed by atoms with Gasteiger partial charge in [-0.05, 0) is 37.8 Å². The largest absolute Gasteiger partial charge is 0.481 e. The van der Waals surface area contributed by atoms with E-state index in [1.165, 1.54) is 0 Å². The Labute approximate surface area is 120 Å². The lowest BCUT2D eigenvalue weighted by molar-refractivity contribution is -0.127. The van der Waals surface area contributed by atoms with Crippen molar-refractivity contribution in [1.82, 2.24) is 5.32 Å². The van der Waals surface area contributed by atoms with Crippen LogP contribution in [0.5, 0.6) is 5.75 Å². The van der Waals surface area contributed by atoms with Gasteiger partial charge in [0.1, 0.15) is 5.75 Å². The van der Waals surface area contributed by atoms with E-state index in [2.05, 4.69) is 12.2 Å². The number of rotatable bonds is 6. The fraction of sp³-hybridized carbons (Fsp3) is 0.562. The molecule has 1 amide bonds. The van der Waals surface area contributed by atoms with Crippen molar-refractivity contribution in [3.63, 3.8) is 0 Å². The molecular weight excluding hydrogens is 254 g/mol. The fourth-order valence-corrected chi connectivity index (χ4v) is 2.32. The molecule has 2 unspecified atom stereocenters. The first-order valence-electron chi connectivity index (χ1n) is 7.34. The van der Waals surface area contributed by atoms with Gasteiger partial charge >= 0.3 is 0 Å². The van der Waals surface area contributed by atoms with E-state index in [9.17, 15) is 4.79 Å². The summed E-state index contributed by atoms with van der Waals surface area (Å²) in [6.45, 7) is 5.22. The molecule has 0 saturated carbocycles. The number of para-hydroxylation sites is 1. The zero-order chi connectivity index (χ0) is 14.4. The zero-order valence-electron chi connectivity index (χ0n) is 12.2. The second kappa shape index (κ2) is 7.29. The summed E-state index contributed by atoms with van der Waals surface area (Å²) in [6.07, 6.45) is 2.66. The van der Waals surface area contributed by atoms with Crippen LogP contribution in [0.4, 0.5) is 0 Å². The maximum Gasteiger partial charge on any atom is 0.260 e. The number of nitrogens with one attached hydrogen (secondary N) is 1. The van der Waals surface area contributed by atoms with Crippen molar-refractivity contribution >= 4 is 5.91 Å². The number of hydrogen-bond donors (Lipinski definition) is 1. The summed E-state index contributed by atoms with van der Waals surface area (Å²) in [6, 6.07) is 7.83. The van der Waals surface area contributed by atoms with Gasteiger partial charge in [-0.1, -0.05) is 25.1 Å². The van der Waals surface area contributed by atoms with Crippen molar-refractivity contribution in [2.45, 2.75) is 45.3 Å². The second-order valence-corrected chi connectivity index (χ2v) is 5.10. The van der Waals surface area contributed by atoms with Crippen LogP contribution in [0.1, 0.15) is 32.3 Å². The number of aryl methyl sites for hydroxylation is 1. The van der Waals surface area contributed by atoms with Gasteiger partial charge in [-0.2, -0.15) is 0 Å². The number of hydrogen-bond acceptors (Lipinski definition) is 3. The lowest BCUT2D eigenvalue weighted by Crippen LogP contribution is -2.40. The quantitative estimate of drug-likeness (QED) is 0.868. The Hall–Kier alpha value is -1.55. The topological polar surface area (TPSA) is 47.6 Å². The fourth-order valence-electron chi connectivity index (χ4n) is 2.32. The molecule has 1 aliphatic heterocycles. The first-order chi connectivity index (χ1) is 9.70.